The fourth-order valence-corrected chi connectivity index (χ4v) is 7.28. The van der Waals surface area contributed by atoms with E-state index in [-0.39, 0.29) is 57.5 Å². The first-order chi connectivity index (χ1) is 25.7. The van der Waals surface area contributed by atoms with Crippen molar-refractivity contribution in [3.05, 3.63) is 140 Å². The van der Waals surface area contributed by atoms with Crippen LogP contribution in [0.5, 0.6) is 23.0 Å². The van der Waals surface area contributed by atoms with E-state index in [4.69, 9.17) is 42.1 Å². The Bertz CT molecular complexity index is 2040. The zero-order valence-corrected chi connectivity index (χ0v) is 34.7. The van der Waals surface area contributed by atoms with Crippen molar-refractivity contribution >= 4 is 67.0 Å². The second-order valence-corrected chi connectivity index (χ2v) is 17.9. The Morgan fingerprint density at radius 2 is 1.22 bits per heavy atom. The van der Waals surface area contributed by atoms with Gasteiger partial charge in [0.2, 0.25) is 6.10 Å². The maximum atomic E-state index is 12.7. The van der Waals surface area contributed by atoms with Crippen LogP contribution in [0.1, 0.15) is 44.9 Å². The number of rotatable bonds is 12. The molecule has 5 atom stereocenters. The Labute approximate surface area is 343 Å². The molecular weight excluding hydrogens is 857 g/mol. The lowest BCUT2D eigenvalue weighted by Crippen LogP contribution is -2.14. The molecule has 0 aromatic heterocycles. The van der Waals surface area contributed by atoms with Crippen LogP contribution < -0.4 is 9.47 Å². The molecule has 4 aromatic rings. The number of nitrogens with zero attached hydrogens (tertiary/aromatic N) is 1. The van der Waals surface area contributed by atoms with Crippen LogP contribution in [-0.4, -0.2) is 11.9 Å². The molecule has 0 heterocycles. The molecule has 0 saturated heterocycles. The van der Waals surface area contributed by atoms with Crippen LogP contribution in [0.3, 0.4) is 0 Å². The molecule has 11 heteroatoms. The smallest absolute Gasteiger partial charge is 0.311 e. The summed E-state index contributed by atoms with van der Waals surface area (Å²) in [6.45, 7) is 8.23. The van der Waals surface area contributed by atoms with Crippen molar-refractivity contribution in [3.63, 3.8) is 0 Å². The van der Waals surface area contributed by atoms with Gasteiger partial charge in [0, 0.05) is 5.56 Å². The van der Waals surface area contributed by atoms with Crippen LogP contribution in [0, 0.1) is 45.8 Å². The molecule has 2 aliphatic rings. The number of halogens is 4. The summed E-state index contributed by atoms with van der Waals surface area (Å²) in [5, 5.41) is 9.56. The Morgan fingerprint density at radius 3 is 1.76 bits per heavy atom. The van der Waals surface area contributed by atoms with Crippen molar-refractivity contribution < 1.29 is 28.5 Å². The average Bonchev–Trinajstić information content (AvgIpc) is 3.90. The number of hydrogen-bond acceptors (Lipinski definition) is 7. The number of esters is 2. The SMILES string of the molecule is CC1(C)C(C=C(Cl)Cl)C1C(=O)OCc1cccc(Oc2ccccc2)c1.CC1(C)[C@H](C(=O)O[C@H](C#N)c2cccc(Oc3ccccc3)c2)[C@@H]1C=C(Br)Br. The molecule has 2 fully saturated rings. The summed E-state index contributed by atoms with van der Waals surface area (Å²) < 4.78 is 23.6. The predicted octanol–water partition coefficient (Wildman–Crippen LogP) is 12.6. The lowest BCUT2D eigenvalue weighted by atomic mass is 10.1. The molecule has 0 aliphatic heterocycles. The number of nitriles is 1. The van der Waals surface area contributed by atoms with Gasteiger partial charge in [-0.3, -0.25) is 9.59 Å². The van der Waals surface area contributed by atoms with Crippen molar-refractivity contribution in [2.24, 2.45) is 34.5 Å². The van der Waals surface area contributed by atoms with Crippen LogP contribution in [0.25, 0.3) is 0 Å². The maximum Gasteiger partial charge on any atom is 0.311 e. The molecule has 4 aromatic carbocycles. The third kappa shape index (κ3) is 10.8. The molecule has 2 aliphatic carbocycles. The summed E-state index contributed by atoms with van der Waals surface area (Å²) in [4.78, 5) is 25.1. The van der Waals surface area contributed by atoms with Gasteiger partial charge in [-0.1, -0.05) is 118 Å². The molecule has 0 amide bonds. The van der Waals surface area contributed by atoms with Gasteiger partial charge in [0.15, 0.2) is 0 Å². The minimum Gasteiger partial charge on any atom is -0.461 e. The molecule has 0 N–H and O–H groups in total. The summed E-state index contributed by atoms with van der Waals surface area (Å²) >= 11 is 18.1. The van der Waals surface area contributed by atoms with Gasteiger partial charge in [0.25, 0.3) is 0 Å². The van der Waals surface area contributed by atoms with Crippen LogP contribution in [0.4, 0.5) is 0 Å². The van der Waals surface area contributed by atoms with Crippen LogP contribution >= 0.6 is 55.1 Å². The van der Waals surface area contributed by atoms with E-state index in [1.807, 2.05) is 119 Å². The number of allylic oxidation sites excluding steroid dienone is 2. The molecule has 0 bridgehead atoms. The highest BCUT2D eigenvalue weighted by Crippen LogP contribution is 2.61. The number of ether oxygens (including phenoxy) is 4. The molecular formula is C43H39Br2Cl2NO6. The maximum absolute atomic E-state index is 12.7. The summed E-state index contributed by atoms with van der Waals surface area (Å²) in [5.74, 6) is 1.69. The molecule has 0 spiro atoms. The number of hydrogen-bond donors (Lipinski definition) is 0. The Morgan fingerprint density at radius 1 is 0.722 bits per heavy atom. The van der Waals surface area contributed by atoms with E-state index >= 15 is 0 Å². The largest absolute Gasteiger partial charge is 0.461 e. The Balaban J connectivity index is 0.000000208. The van der Waals surface area contributed by atoms with Gasteiger partial charge in [0.05, 0.1) is 15.2 Å². The second-order valence-electron chi connectivity index (χ2n) is 14.2. The molecule has 54 heavy (non-hydrogen) atoms. The minimum atomic E-state index is -0.986. The molecule has 280 valence electrons. The van der Waals surface area contributed by atoms with E-state index in [1.54, 1.807) is 30.3 Å². The minimum absolute atomic E-state index is 0.00717. The third-order valence-corrected chi connectivity index (χ3v) is 10.5. The second kappa shape index (κ2) is 18.0. The molecule has 6 rings (SSSR count). The number of benzene rings is 4. The van der Waals surface area contributed by atoms with Crippen molar-refractivity contribution in [2.45, 2.75) is 40.4 Å². The number of para-hydroxylation sites is 2. The highest BCUT2D eigenvalue weighted by molar-refractivity contribution is 9.28. The van der Waals surface area contributed by atoms with Crippen molar-refractivity contribution in [1.82, 2.24) is 0 Å². The van der Waals surface area contributed by atoms with Gasteiger partial charge < -0.3 is 18.9 Å². The fraction of sp³-hybridized carbons (Fsp3) is 0.279. The molecule has 2 unspecified atom stereocenters. The lowest BCUT2D eigenvalue weighted by Gasteiger charge is -2.13. The topological polar surface area (TPSA) is 94.9 Å². The van der Waals surface area contributed by atoms with Gasteiger partial charge in [-0.25, -0.2) is 0 Å². The summed E-state index contributed by atoms with van der Waals surface area (Å²) in [6.07, 6.45) is 2.67. The van der Waals surface area contributed by atoms with E-state index in [2.05, 4.69) is 37.9 Å². The highest BCUT2D eigenvalue weighted by Gasteiger charge is 2.62. The van der Waals surface area contributed by atoms with E-state index in [9.17, 15) is 14.9 Å². The zero-order chi connectivity index (χ0) is 39.0. The highest BCUT2D eigenvalue weighted by atomic mass is 79.9. The van der Waals surface area contributed by atoms with E-state index < -0.39 is 6.10 Å². The van der Waals surface area contributed by atoms with Crippen molar-refractivity contribution in [2.75, 3.05) is 0 Å². The predicted molar refractivity (Wildman–Crippen MR) is 217 cm³/mol. The summed E-state index contributed by atoms with van der Waals surface area (Å²) in [5.41, 5.74) is 1.05. The van der Waals surface area contributed by atoms with Gasteiger partial charge in [0.1, 0.15) is 40.2 Å². The first kappa shape index (κ1) is 41.1. The summed E-state index contributed by atoms with van der Waals surface area (Å²) in [7, 11) is 0. The monoisotopic (exact) mass is 893 g/mol. The van der Waals surface area contributed by atoms with Crippen LogP contribution in [0.2, 0.25) is 0 Å². The fourth-order valence-electron chi connectivity index (χ4n) is 6.44. The number of carbonyl (C=O) groups is 2. The van der Waals surface area contributed by atoms with Gasteiger partial charge in [-0.15, -0.1) is 0 Å². The molecule has 2 saturated carbocycles. The zero-order valence-electron chi connectivity index (χ0n) is 30.0. The normalized spacial score (nSPS) is 20.3. The first-order valence-corrected chi connectivity index (χ1v) is 19.5. The molecule has 0 radical (unpaired) electrons. The quantitative estimate of drug-likeness (QED) is 0.131. The van der Waals surface area contributed by atoms with E-state index in [0.717, 1.165) is 14.7 Å². The van der Waals surface area contributed by atoms with Gasteiger partial charge in [-0.2, -0.15) is 5.26 Å². The van der Waals surface area contributed by atoms with Gasteiger partial charge >= 0.3 is 11.9 Å². The molecule has 7 nitrogen and oxygen atoms in total. The standard InChI is InChI=1S/C22H19Br2NO3.C21H20Cl2O3/c1-22(2)17(12-19(23)24)20(22)21(26)28-18(13-25)14-7-6-10-16(11-14)27-15-8-4-3-5-9-15;1-21(2)17(12-18(22)23)19(21)20(24)25-13-14-7-6-10-16(11-14)26-15-8-4-3-5-9-15/h3-12,17-18,20H,1-2H3;3-12,17,19H,13H2,1-2H3/t17-,18+,20-;/m0./s1. The van der Waals surface area contributed by atoms with Gasteiger partial charge in [-0.05, 0) is 115 Å². The van der Waals surface area contributed by atoms with Crippen molar-refractivity contribution in [1.29, 1.82) is 5.26 Å². The first-order valence-electron chi connectivity index (χ1n) is 17.2. The average molecular weight is 897 g/mol. The van der Waals surface area contributed by atoms with Crippen LogP contribution in [-0.2, 0) is 25.7 Å². The third-order valence-electron chi connectivity index (χ3n) is 9.69. The van der Waals surface area contributed by atoms with E-state index in [0.29, 0.717) is 22.8 Å². The summed E-state index contributed by atoms with van der Waals surface area (Å²) in [6, 6.07) is 35.5. The number of carbonyl (C=O) groups excluding carboxylic acids is 2. The Kier molecular flexibility index (Phi) is 13.7. The van der Waals surface area contributed by atoms with E-state index in [1.165, 1.54) is 0 Å². The Hall–Kier alpha value is -4.07. The van der Waals surface area contributed by atoms with Crippen molar-refractivity contribution in [3.8, 4) is 29.1 Å². The lowest BCUT2D eigenvalue weighted by molar-refractivity contribution is -0.149. The van der Waals surface area contributed by atoms with Crippen LogP contribution in [0.15, 0.2) is 129 Å².